The Morgan fingerprint density at radius 1 is 1.07 bits per heavy atom. The van der Waals surface area contributed by atoms with Crippen molar-refractivity contribution in [2.75, 3.05) is 14.2 Å². The van der Waals surface area contributed by atoms with Crippen molar-refractivity contribution in [2.45, 2.75) is 57.3 Å². The van der Waals surface area contributed by atoms with E-state index in [4.69, 9.17) is 4.74 Å². The van der Waals surface area contributed by atoms with Gasteiger partial charge in [0.2, 0.25) is 11.7 Å². The van der Waals surface area contributed by atoms with Crippen LogP contribution in [0.3, 0.4) is 0 Å². The van der Waals surface area contributed by atoms with Gasteiger partial charge in [-0.05, 0) is 54.8 Å². The Morgan fingerprint density at radius 2 is 1.77 bits per heavy atom. The van der Waals surface area contributed by atoms with Crippen LogP contribution in [0.1, 0.15) is 41.9 Å². The lowest BCUT2D eigenvalue weighted by atomic mass is 9.92. The molecule has 0 spiro atoms. The second-order valence-electron chi connectivity index (χ2n) is 9.93. The van der Waals surface area contributed by atoms with Crippen molar-refractivity contribution in [3.63, 3.8) is 0 Å². The van der Waals surface area contributed by atoms with Crippen molar-refractivity contribution >= 4 is 11.9 Å². The molecule has 1 amide bonds. The second kappa shape index (κ2) is 10.2. The van der Waals surface area contributed by atoms with Gasteiger partial charge in [-0.1, -0.05) is 0 Å². The first kappa shape index (κ1) is 29.0. The van der Waals surface area contributed by atoms with E-state index in [9.17, 15) is 31.5 Å². The second-order valence-corrected chi connectivity index (χ2v) is 9.93. The average Bonchev–Trinajstić information content (AvgIpc) is 3.44. The molecule has 0 fully saturated rings. The van der Waals surface area contributed by atoms with Gasteiger partial charge in [-0.2, -0.15) is 18.0 Å². The number of methoxy groups -OCH3 is 2. The summed E-state index contributed by atoms with van der Waals surface area (Å²) < 4.78 is 80.0. The summed E-state index contributed by atoms with van der Waals surface area (Å²) in [5.41, 5.74) is -0.583. The van der Waals surface area contributed by atoms with Crippen LogP contribution >= 0.6 is 0 Å². The van der Waals surface area contributed by atoms with E-state index < -0.39 is 42.4 Å². The van der Waals surface area contributed by atoms with E-state index in [1.165, 1.54) is 22.5 Å². The molecule has 40 heavy (non-hydrogen) atoms. The topological polar surface area (TPSA) is 113 Å². The third-order valence-electron chi connectivity index (χ3n) is 6.52. The fourth-order valence-corrected chi connectivity index (χ4v) is 4.94. The molecule has 1 aliphatic heterocycles. The smallest absolute Gasteiger partial charge is 0.391 e. The molecule has 0 unspecified atom stereocenters. The molecule has 4 rings (SSSR count). The standard InChI is InChI=1S/C25H27F5N6O4/c1-23(22(38)40-5,12-25(28,29)30)31-21(37)17-8-14(11-24(2,26)27)19-15-10-16(20-32-34-35(3)33-20)18(39-4)9-13(15)6-7-36(17)19/h8-10H,6-7,11-12H2,1-5H3,(H,31,37)/t23-/m0/s1. The first-order valence-corrected chi connectivity index (χ1v) is 12.1. The lowest BCUT2D eigenvalue weighted by molar-refractivity contribution is -0.169. The largest absolute Gasteiger partial charge is 0.496 e. The third-order valence-corrected chi connectivity index (χ3v) is 6.52. The average molecular weight is 571 g/mol. The van der Waals surface area contributed by atoms with Crippen molar-refractivity contribution < 1.29 is 41.0 Å². The van der Waals surface area contributed by atoms with Crippen LogP contribution in [0, 0.1) is 0 Å². The van der Waals surface area contributed by atoms with Gasteiger partial charge in [-0.25, -0.2) is 13.6 Å². The number of aromatic nitrogens is 5. The van der Waals surface area contributed by atoms with E-state index in [-0.39, 0.29) is 29.3 Å². The zero-order valence-corrected chi connectivity index (χ0v) is 22.3. The Morgan fingerprint density at radius 3 is 2.33 bits per heavy atom. The Balaban J connectivity index is 1.86. The molecule has 0 bridgehead atoms. The molecule has 1 N–H and O–H groups in total. The Bertz CT molecular complexity index is 1460. The summed E-state index contributed by atoms with van der Waals surface area (Å²) >= 11 is 0. The summed E-state index contributed by atoms with van der Waals surface area (Å²) in [5, 5.41) is 14.2. The predicted octanol–water partition coefficient (Wildman–Crippen LogP) is 3.72. The van der Waals surface area contributed by atoms with E-state index in [0.717, 1.165) is 26.5 Å². The number of carbonyl (C=O) groups excluding carboxylic acids is 2. The highest BCUT2D eigenvalue weighted by molar-refractivity contribution is 5.98. The summed E-state index contributed by atoms with van der Waals surface area (Å²) in [6, 6.07) is 4.59. The quantitative estimate of drug-likeness (QED) is 0.325. The zero-order chi connectivity index (χ0) is 29.6. The number of fused-ring (bicyclic) bond motifs is 3. The van der Waals surface area contributed by atoms with Gasteiger partial charge >= 0.3 is 12.1 Å². The fraction of sp³-hybridized carbons (Fsp3) is 0.480. The molecule has 15 heteroatoms. The molecule has 0 saturated carbocycles. The van der Waals surface area contributed by atoms with Crippen LogP contribution in [-0.4, -0.2) is 68.5 Å². The van der Waals surface area contributed by atoms with Crippen LogP contribution in [0.4, 0.5) is 22.0 Å². The van der Waals surface area contributed by atoms with Crippen LogP contribution in [0.5, 0.6) is 5.75 Å². The van der Waals surface area contributed by atoms with Crippen molar-refractivity contribution in [3.8, 4) is 28.4 Å². The number of tetrazole rings is 1. The molecule has 1 aliphatic rings. The van der Waals surface area contributed by atoms with E-state index in [1.54, 1.807) is 19.2 Å². The molecule has 216 valence electrons. The Hall–Kier alpha value is -4.04. The number of amides is 1. The van der Waals surface area contributed by atoms with Crippen LogP contribution in [0.2, 0.25) is 0 Å². The normalized spacial score (nSPS) is 14.7. The lowest BCUT2D eigenvalue weighted by Gasteiger charge is -2.29. The molecule has 10 nitrogen and oxygen atoms in total. The third kappa shape index (κ3) is 5.77. The molecular formula is C25H27F5N6O4. The van der Waals surface area contributed by atoms with Gasteiger partial charge in [0.25, 0.3) is 5.91 Å². The van der Waals surface area contributed by atoms with Gasteiger partial charge in [0.15, 0.2) is 0 Å². The maximum absolute atomic E-state index is 14.3. The van der Waals surface area contributed by atoms with Gasteiger partial charge in [-0.15, -0.1) is 10.2 Å². The number of halogens is 5. The summed E-state index contributed by atoms with van der Waals surface area (Å²) in [7, 11) is 3.93. The summed E-state index contributed by atoms with van der Waals surface area (Å²) in [6.07, 6.45) is -6.91. The molecule has 1 atom stereocenters. The van der Waals surface area contributed by atoms with Gasteiger partial charge in [0.1, 0.15) is 17.0 Å². The molecule has 3 heterocycles. The number of alkyl halides is 5. The van der Waals surface area contributed by atoms with Gasteiger partial charge in [-0.3, -0.25) is 4.79 Å². The first-order valence-electron chi connectivity index (χ1n) is 12.1. The summed E-state index contributed by atoms with van der Waals surface area (Å²) in [4.78, 5) is 26.9. The predicted molar refractivity (Wildman–Crippen MR) is 131 cm³/mol. The molecule has 0 saturated heterocycles. The monoisotopic (exact) mass is 570 g/mol. The zero-order valence-electron chi connectivity index (χ0n) is 22.3. The van der Waals surface area contributed by atoms with Gasteiger partial charge in [0, 0.05) is 18.5 Å². The van der Waals surface area contributed by atoms with Crippen molar-refractivity contribution in [1.82, 2.24) is 30.1 Å². The minimum Gasteiger partial charge on any atom is -0.496 e. The molecule has 0 radical (unpaired) electrons. The summed E-state index contributed by atoms with van der Waals surface area (Å²) in [5.74, 6) is -4.88. The van der Waals surface area contributed by atoms with Crippen LogP contribution in [0.25, 0.3) is 22.6 Å². The highest BCUT2D eigenvalue weighted by Gasteiger charge is 2.47. The van der Waals surface area contributed by atoms with E-state index in [2.05, 4.69) is 25.5 Å². The SMILES string of the molecule is COC(=O)[C@](C)(CC(F)(F)F)NC(=O)c1cc(CC(C)(F)F)c2n1CCc1cc(OC)c(-c3nnn(C)n3)cc1-2. The number of hydrogen-bond donors (Lipinski definition) is 1. The number of carbonyl (C=O) groups is 2. The minimum atomic E-state index is -4.81. The van der Waals surface area contributed by atoms with Crippen LogP contribution in [0.15, 0.2) is 18.2 Å². The fourth-order valence-electron chi connectivity index (χ4n) is 4.94. The number of nitrogens with zero attached hydrogens (tertiary/aromatic N) is 5. The Labute approximate surface area is 225 Å². The van der Waals surface area contributed by atoms with E-state index in [1.807, 2.05) is 0 Å². The van der Waals surface area contributed by atoms with Crippen molar-refractivity contribution in [2.24, 2.45) is 7.05 Å². The van der Waals surface area contributed by atoms with E-state index in [0.29, 0.717) is 23.3 Å². The number of hydrogen-bond acceptors (Lipinski definition) is 7. The van der Waals surface area contributed by atoms with Gasteiger partial charge in [0.05, 0.1) is 38.9 Å². The maximum Gasteiger partial charge on any atom is 0.391 e. The molecule has 2 aromatic heterocycles. The van der Waals surface area contributed by atoms with Crippen molar-refractivity contribution in [3.05, 3.63) is 35.0 Å². The molecule has 0 aliphatic carbocycles. The number of benzene rings is 1. The Kier molecular flexibility index (Phi) is 7.36. The summed E-state index contributed by atoms with van der Waals surface area (Å²) in [6.45, 7) is 1.77. The van der Waals surface area contributed by atoms with Crippen LogP contribution < -0.4 is 10.1 Å². The number of ether oxygens (including phenoxy) is 2. The maximum atomic E-state index is 14.3. The number of nitrogens with one attached hydrogen (secondary N) is 1. The number of aryl methyl sites for hydroxylation is 2. The minimum absolute atomic E-state index is 0.0948. The highest BCUT2D eigenvalue weighted by atomic mass is 19.4. The van der Waals surface area contributed by atoms with Gasteiger partial charge < -0.3 is 19.4 Å². The molecule has 3 aromatic rings. The van der Waals surface area contributed by atoms with E-state index >= 15 is 0 Å². The van der Waals surface area contributed by atoms with Crippen LogP contribution in [-0.2, 0) is 36.0 Å². The first-order chi connectivity index (χ1) is 18.5. The number of esters is 1. The number of rotatable bonds is 8. The molecular weight excluding hydrogens is 543 g/mol. The lowest BCUT2D eigenvalue weighted by Crippen LogP contribution is -2.55. The van der Waals surface area contributed by atoms with Crippen molar-refractivity contribution in [1.29, 1.82) is 0 Å². The highest BCUT2D eigenvalue weighted by Crippen LogP contribution is 2.42. The molecule has 1 aromatic carbocycles.